The van der Waals surface area contributed by atoms with Gasteiger partial charge in [0.05, 0.1) is 6.10 Å². The van der Waals surface area contributed by atoms with Crippen LogP contribution in [0.25, 0.3) is 0 Å². The molecule has 1 atom stereocenters. The number of hydroxylamine groups is 1. The van der Waals surface area contributed by atoms with Crippen LogP contribution in [0.4, 0.5) is 0 Å². The van der Waals surface area contributed by atoms with Crippen LogP contribution in [0, 0.1) is 5.41 Å². The third-order valence-electron chi connectivity index (χ3n) is 3.31. The Morgan fingerprint density at radius 2 is 2.00 bits per heavy atom. The van der Waals surface area contributed by atoms with Gasteiger partial charge in [-0.25, -0.2) is 0 Å². The molecule has 1 saturated carbocycles. The standard InChI is InChI=1S/C12H23NOS/c1-12(2)7-10(8-15-9-12)13-14-11-5-3-4-6-11/h10-11,13H,3-9H2,1-2H3. The predicted octanol–water partition coefficient (Wildman–Crippen LogP) is 2.98. The molecule has 1 unspecified atom stereocenters. The van der Waals surface area contributed by atoms with E-state index >= 15 is 0 Å². The van der Waals surface area contributed by atoms with Crippen molar-refractivity contribution in [3.05, 3.63) is 0 Å². The molecule has 1 heterocycles. The van der Waals surface area contributed by atoms with Crippen LogP contribution in [0.3, 0.4) is 0 Å². The molecule has 0 bridgehead atoms. The van der Waals surface area contributed by atoms with Crippen molar-refractivity contribution < 1.29 is 4.84 Å². The minimum Gasteiger partial charge on any atom is -0.298 e. The van der Waals surface area contributed by atoms with E-state index < -0.39 is 0 Å². The fraction of sp³-hybridized carbons (Fsp3) is 1.00. The second kappa shape index (κ2) is 5.07. The van der Waals surface area contributed by atoms with E-state index in [4.69, 9.17) is 4.84 Å². The molecule has 1 aliphatic heterocycles. The summed E-state index contributed by atoms with van der Waals surface area (Å²) in [7, 11) is 0. The van der Waals surface area contributed by atoms with E-state index in [1.807, 2.05) is 11.8 Å². The molecule has 1 aliphatic carbocycles. The van der Waals surface area contributed by atoms with Gasteiger partial charge in [-0.05, 0) is 30.4 Å². The highest BCUT2D eigenvalue weighted by molar-refractivity contribution is 7.99. The van der Waals surface area contributed by atoms with Crippen molar-refractivity contribution in [2.75, 3.05) is 11.5 Å². The van der Waals surface area contributed by atoms with E-state index in [0.717, 1.165) is 0 Å². The van der Waals surface area contributed by atoms with Gasteiger partial charge in [-0.1, -0.05) is 26.7 Å². The van der Waals surface area contributed by atoms with Gasteiger partial charge < -0.3 is 0 Å². The Labute approximate surface area is 97.5 Å². The van der Waals surface area contributed by atoms with E-state index in [2.05, 4.69) is 19.3 Å². The summed E-state index contributed by atoms with van der Waals surface area (Å²) in [5.74, 6) is 2.49. The molecule has 2 fully saturated rings. The highest BCUT2D eigenvalue weighted by atomic mass is 32.2. The van der Waals surface area contributed by atoms with Crippen LogP contribution >= 0.6 is 11.8 Å². The lowest BCUT2D eigenvalue weighted by Crippen LogP contribution is -2.41. The number of thioether (sulfide) groups is 1. The van der Waals surface area contributed by atoms with Crippen molar-refractivity contribution in [3.63, 3.8) is 0 Å². The van der Waals surface area contributed by atoms with Gasteiger partial charge in [0.2, 0.25) is 0 Å². The minimum absolute atomic E-state index is 0.472. The molecular formula is C12H23NOS. The Bertz CT molecular complexity index is 202. The van der Waals surface area contributed by atoms with E-state index in [9.17, 15) is 0 Å². The van der Waals surface area contributed by atoms with Crippen molar-refractivity contribution in [2.24, 2.45) is 5.41 Å². The lowest BCUT2D eigenvalue weighted by atomic mass is 9.88. The van der Waals surface area contributed by atoms with Gasteiger partial charge in [0, 0.05) is 11.8 Å². The Kier molecular flexibility index (Phi) is 3.97. The van der Waals surface area contributed by atoms with Gasteiger partial charge in [0.1, 0.15) is 0 Å². The molecule has 2 aliphatic rings. The molecule has 0 aromatic carbocycles. The van der Waals surface area contributed by atoms with E-state index in [0.29, 0.717) is 17.6 Å². The van der Waals surface area contributed by atoms with E-state index in [1.54, 1.807) is 0 Å². The van der Waals surface area contributed by atoms with Crippen molar-refractivity contribution in [3.8, 4) is 0 Å². The first kappa shape index (κ1) is 11.7. The highest BCUT2D eigenvalue weighted by Gasteiger charge is 2.29. The maximum atomic E-state index is 5.77. The second-order valence-electron chi connectivity index (χ2n) is 5.72. The average Bonchev–Trinajstić information content (AvgIpc) is 2.65. The van der Waals surface area contributed by atoms with Crippen molar-refractivity contribution in [1.29, 1.82) is 0 Å². The van der Waals surface area contributed by atoms with E-state index in [1.165, 1.54) is 43.6 Å². The summed E-state index contributed by atoms with van der Waals surface area (Å²) in [6.07, 6.45) is 6.91. The molecule has 1 N–H and O–H groups in total. The maximum Gasteiger partial charge on any atom is 0.0790 e. The Hall–Kier alpha value is 0.270. The number of rotatable bonds is 3. The quantitative estimate of drug-likeness (QED) is 0.752. The third-order valence-corrected chi connectivity index (χ3v) is 4.94. The molecule has 0 aromatic rings. The average molecular weight is 229 g/mol. The summed E-state index contributed by atoms with van der Waals surface area (Å²) in [5, 5.41) is 0. The smallest absolute Gasteiger partial charge is 0.0790 e. The largest absolute Gasteiger partial charge is 0.298 e. The van der Waals surface area contributed by atoms with Gasteiger partial charge in [-0.2, -0.15) is 17.2 Å². The van der Waals surface area contributed by atoms with Gasteiger partial charge in [0.25, 0.3) is 0 Å². The number of nitrogens with one attached hydrogen (secondary N) is 1. The minimum atomic E-state index is 0.472. The fourth-order valence-electron chi connectivity index (χ4n) is 2.54. The van der Waals surface area contributed by atoms with Crippen LogP contribution < -0.4 is 5.48 Å². The second-order valence-corrected chi connectivity index (χ2v) is 6.75. The maximum absolute atomic E-state index is 5.77. The van der Waals surface area contributed by atoms with Gasteiger partial charge in [0.15, 0.2) is 0 Å². The lowest BCUT2D eigenvalue weighted by Gasteiger charge is -2.35. The number of hydrogen-bond acceptors (Lipinski definition) is 3. The Balaban J connectivity index is 1.69. The highest BCUT2D eigenvalue weighted by Crippen LogP contribution is 2.33. The van der Waals surface area contributed by atoms with Crippen molar-refractivity contribution in [1.82, 2.24) is 5.48 Å². The van der Waals surface area contributed by atoms with Crippen LogP contribution in [0.15, 0.2) is 0 Å². The zero-order valence-electron chi connectivity index (χ0n) is 9.92. The molecule has 3 heteroatoms. The summed E-state index contributed by atoms with van der Waals surface area (Å²) in [5.41, 5.74) is 3.77. The SMILES string of the molecule is CC1(C)CSCC(NOC2CCCC2)C1. The fourth-order valence-corrected chi connectivity index (χ4v) is 3.80. The summed E-state index contributed by atoms with van der Waals surface area (Å²) in [4.78, 5) is 5.77. The molecular weight excluding hydrogens is 206 g/mol. The first-order valence-electron chi connectivity index (χ1n) is 6.15. The first-order valence-corrected chi connectivity index (χ1v) is 7.30. The molecule has 2 nitrogen and oxygen atoms in total. The van der Waals surface area contributed by atoms with Gasteiger partial charge in [-0.3, -0.25) is 4.84 Å². The summed E-state index contributed by atoms with van der Waals surface area (Å²) in [6, 6.07) is 0.555. The first-order chi connectivity index (χ1) is 7.16. The van der Waals surface area contributed by atoms with Crippen LogP contribution in [0.2, 0.25) is 0 Å². The zero-order chi connectivity index (χ0) is 10.7. The molecule has 0 spiro atoms. The Morgan fingerprint density at radius 3 is 2.67 bits per heavy atom. The monoisotopic (exact) mass is 229 g/mol. The Morgan fingerprint density at radius 1 is 1.27 bits per heavy atom. The molecule has 0 aromatic heterocycles. The van der Waals surface area contributed by atoms with Crippen LogP contribution in [0.1, 0.15) is 46.0 Å². The molecule has 1 saturated heterocycles. The van der Waals surface area contributed by atoms with E-state index in [-0.39, 0.29) is 0 Å². The topological polar surface area (TPSA) is 21.3 Å². The zero-order valence-corrected chi connectivity index (χ0v) is 10.7. The van der Waals surface area contributed by atoms with Gasteiger partial charge in [-0.15, -0.1) is 0 Å². The van der Waals surface area contributed by atoms with Gasteiger partial charge >= 0.3 is 0 Å². The van der Waals surface area contributed by atoms with Crippen LogP contribution in [-0.4, -0.2) is 23.7 Å². The molecule has 0 amide bonds. The lowest BCUT2D eigenvalue weighted by molar-refractivity contribution is -0.0426. The summed E-state index contributed by atoms with van der Waals surface area (Å²) < 4.78 is 0. The van der Waals surface area contributed by atoms with Crippen LogP contribution in [-0.2, 0) is 4.84 Å². The predicted molar refractivity (Wildman–Crippen MR) is 66.0 cm³/mol. The normalized spacial score (nSPS) is 32.0. The third kappa shape index (κ3) is 3.65. The molecule has 2 rings (SSSR count). The summed E-state index contributed by atoms with van der Waals surface area (Å²) >= 11 is 2.05. The van der Waals surface area contributed by atoms with Crippen molar-refractivity contribution in [2.45, 2.75) is 58.1 Å². The number of hydrogen-bond donors (Lipinski definition) is 1. The summed E-state index contributed by atoms with van der Waals surface area (Å²) in [6.45, 7) is 4.70. The van der Waals surface area contributed by atoms with Crippen molar-refractivity contribution >= 4 is 11.8 Å². The molecule has 0 radical (unpaired) electrons. The molecule has 15 heavy (non-hydrogen) atoms. The van der Waals surface area contributed by atoms with Crippen LogP contribution in [0.5, 0.6) is 0 Å². The molecule has 88 valence electrons.